The number of carbonyl (C=O) groups is 1. The minimum Gasteiger partial charge on any atom is -0.493 e. The fraction of sp³-hybridized carbons (Fsp3) is 0.429. The molecular formula is C21H25N5O3. The largest absolute Gasteiger partial charge is 0.493 e. The Bertz CT molecular complexity index is 942. The zero-order valence-corrected chi connectivity index (χ0v) is 16.8. The summed E-state index contributed by atoms with van der Waals surface area (Å²) in [6, 6.07) is 7.55. The molecule has 1 aliphatic rings. The molecule has 0 saturated heterocycles. The molecule has 152 valence electrons. The first-order valence-corrected chi connectivity index (χ1v) is 9.78. The van der Waals surface area contributed by atoms with Crippen LogP contribution < -0.4 is 14.8 Å². The number of hydrogen-bond acceptors (Lipinski definition) is 6. The lowest BCUT2D eigenvalue weighted by Crippen LogP contribution is -2.28. The first kappa shape index (κ1) is 20.4. The quantitative estimate of drug-likeness (QED) is 0.723. The van der Waals surface area contributed by atoms with Crippen LogP contribution in [-0.4, -0.2) is 40.9 Å². The van der Waals surface area contributed by atoms with Crippen LogP contribution in [0.1, 0.15) is 43.4 Å². The Morgan fingerprint density at radius 2 is 2.17 bits per heavy atom. The Balaban J connectivity index is 1.84. The molecule has 3 rings (SSSR count). The van der Waals surface area contributed by atoms with Crippen LogP contribution in [0.4, 0.5) is 0 Å². The Labute approximate surface area is 170 Å². The zero-order chi connectivity index (χ0) is 20.6. The Hall–Kier alpha value is -3.34. The third-order valence-electron chi connectivity index (χ3n) is 4.70. The van der Waals surface area contributed by atoms with Crippen LogP contribution in [0.5, 0.6) is 11.5 Å². The molecule has 0 spiro atoms. The summed E-state index contributed by atoms with van der Waals surface area (Å²) in [6.45, 7) is 3.13. The number of fused-ring (bicyclic) bond motifs is 1. The van der Waals surface area contributed by atoms with Crippen molar-refractivity contribution in [2.45, 2.75) is 39.2 Å². The number of carbonyl (C=O) groups excluding carboxylic acids is 1. The number of amides is 1. The minimum absolute atomic E-state index is 0.0886. The summed E-state index contributed by atoms with van der Waals surface area (Å²) in [7, 11) is 1.53. The van der Waals surface area contributed by atoms with Gasteiger partial charge in [-0.25, -0.2) is 0 Å². The van der Waals surface area contributed by atoms with Crippen molar-refractivity contribution in [3.05, 3.63) is 35.4 Å². The van der Waals surface area contributed by atoms with E-state index < -0.39 is 0 Å². The normalized spacial score (nSPS) is 13.8. The molecule has 2 heterocycles. The van der Waals surface area contributed by atoms with Crippen molar-refractivity contribution < 1.29 is 14.3 Å². The molecule has 1 amide bonds. The number of nitrogens with zero attached hydrogens (tertiary/aromatic N) is 4. The highest BCUT2D eigenvalue weighted by Crippen LogP contribution is 2.30. The number of nitriles is 1. The zero-order valence-electron chi connectivity index (χ0n) is 16.8. The van der Waals surface area contributed by atoms with Crippen LogP contribution in [0.3, 0.4) is 0 Å². The lowest BCUT2D eigenvalue weighted by molar-refractivity contribution is -0.123. The van der Waals surface area contributed by atoms with Crippen molar-refractivity contribution in [2.24, 2.45) is 0 Å². The predicted molar refractivity (Wildman–Crippen MR) is 108 cm³/mol. The highest BCUT2D eigenvalue weighted by Gasteiger charge is 2.18. The molecule has 8 heteroatoms. The van der Waals surface area contributed by atoms with Crippen LogP contribution in [0, 0.1) is 11.3 Å². The summed E-state index contributed by atoms with van der Waals surface area (Å²) in [5.41, 5.74) is 1.22. The summed E-state index contributed by atoms with van der Waals surface area (Å²) < 4.78 is 13.0. The third kappa shape index (κ3) is 4.93. The van der Waals surface area contributed by atoms with Crippen molar-refractivity contribution in [1.82, 2.24) is 20.1 Å². The van der Waals surface area contributed by atoms with Crippen LogP contribution >= 0.6 is 0 Å². The van der Waals surface area contributed by atoms with Gasteiger partial charge in [-0.05, 0) is 43.5 Å². The van der Waals surface area contributed by atoms with Gasteiger partial charge in [-0.2, -0.15) is 5.26 Å². The molecule has 0 bridgehead atoms. The third-order valence-corrected chi connectivity index (χ3v) is 4.70. The molecule has 1 aliphatic heterocycles. The van der Waals surface area contributed by atoms with Gasteiger partial charge in [0.25, 0.3) is 5.91 Å². The van der Waals surface area contributed by atoms with Crippen LogP contribution in [0.15, 0.2) is 18.2 Å². The number of allylic oxidation sites excluding steroid dienone is 1. The maximum absolute atomic E-state index is 11.6. The first-order chi connectivity index (χ1) is 14.2. The molecule has 0 saturated carbocycles. The number of aryl methyl sites for hydroxylation is 1. The van der Waals surface area contributed by atoms with Crippen molar-refractivity contribution in [2.75, 3.05) is 20.3 Å². The highest BCUT2D eigenvalue weighted by molar-refractivity contribution is 5.87. The molecule has 1 aromatic carbocycles. The van der Waals surface area contributed by atoms with Gasteiger partial charge in [-0.1, -0.05) is 12.5 Å². The number of aromatic nitrogens is 3. The summed E-state index contributed by atoms with van der Waals surface area (Å²) >= 11 is 0. The Morgan fingerprint density at radius 3 is 2.93 bits per heavy atom. The Kier molecular flexibility index (Phi) is 6.85. The van der Waals surface area contributed by atoms with E-state index in [-0.39, 0.29) is 12.5 Å². The van der Waals surface area contributed by atoms with Crippen molar-refractivity contribution >= 4 is 17.6 Å². The molecule has 0 atom stereocenters. The van der Waals surface area contributed by atoms with Gasteiger partial charge in [-0.3, -0.25) is 4.79 Å². The number of benzene rings is 1. The number of likely N-dealkylation sites (N-methyl/N-ethyl adjacent to an activating group) is 1. The second kappa shape index (κ2) is 9.73. The fourth-order valence-electron chi connectivity index (χ4n) is 3.28. The van der Waals surface area contributed by atoms with Gasteiger partial charge < -0.3 is 19.4 Å². The maximum Gasteiger partial charge on any atom is 0.257 e. The summed E-state index contributed by atoms with van der Waals surface area (Å²) in [4.78, 5) is 11.6. The average Bonchev–Trinajstić information content (AvgIpc) is 2.98. The van der Waals surface area contributed by atoms with Gasteiger partial charge in [0.2, 0.25) is 0 Å². The van der Waals surface area contributed by atoms with E-state index in [9.17, 15) is 10.1 Å². The number of ether oxygens (including phenoxy) is 2. The SMILES string of the molecule is CCNC(=O)COc1ccc(/C=C(\C#N)c2nnc3n2CCCCC3)cc1OC. The first-order valence-electron chi connectivity index (χ1n) is 9.78. The number of rotatable bonds is 7. The molecule has 0 aliphatic carbocycles. The smallest absolute Gasteiger partial charge is 0.257 e. The van der Waals surface area contributed by atoms with Gasteiger partial charge >= 0.3 is 0 Å². The number of methoxy groups -OCH3 is 1. The Morgan fingerprint density at radius 1 is 1.31 bits per heavy atom. The summed E-state index contributed by atoms with van der Waals surface area (Å²) in [5, 5.41) is 20.9. The average molecular weight is 395 g/mol. The van der Waals surface area contributed by atoms with E-state index in [1.54, 1.807) is 18.2 Å². The highest BCUT2D eigenvalue weighted by atomic mass is 16.5. The molecule has 0 unspecified atom stereocenters. The van der Waals surface area contributed by atoms with Gasteiger partial charge in [0.15, 0.2) is 23.9 Å². The van der Waals surface area contributed by atoms with Crippen molar-refractivity contribution in [3.63, 3.8) is 0 Å². The predicted octanol–water partition coefficient (Wildman–Crippen LogP) is 2.59. The molecule has 29 heavy (non-hydrogen) atoms. The summed E-state index contributed by atoms with van der Waals surface area (Å²) in [5.74, 6) is 2.29. The van der Waals surface area contributed by atoms with E-state index in [1.807, 2.05) is 17.6 Å². The molecule has 2 aromatic rings. The molecule has 1 N–H and O–H groups in total. The lowest BCUT2D eigenvalue weighted by atomic mass is 10.1. The maximum atomic E-state index is 11.6. The monoisotopic (exact) mass is 395 g/mol. The minimum atomic E-state index is -0.196. The van der Waals surface area contributed by atoms with Gasteiger partial charge in [0.05, 0.1) is 12.7 Å². The van der Waals surface area contributed by atoms with Crippen molar-refractivity contribution in [1.29, 1.82) is 5.26 Å². The molecule has 8 nitrogen and oxygen atoms in total. The van der Waals surface area contributed by atoms with Crippen LogP contribution in [0.2, 0.25) is 0 Å². The van der Waals surface area contributed by atoms with E-state index in [0.717, 1.165) is 43.6 Å². The van der Waals surface area contributed by atoms with E-state index >= 15 is 0 Å². The summed E-state index contributed by atoms with van der Waals surface area (Å²) in [6.07, 6.45) is 5.96. The molecule has 1 aromatic heterocycles. The van der Waals surface area contributed by atoms with E-state index in [1.165, 1.54) is 7.11 Å². The second-order valence-corrected chi connectivity index (χ2v) is 6.72. The fourth-order valence-corrected chi connectivity index (χ4v) is 3.28. The number of nitrogens with one attached hydrogen (secondary N) is 1. The molecular weight excluding hydrogens is 370 g/mol. The van der Waals surface area contributed by atoms with E-state index in [4.69, 9.17) is 9.47 Å². The van der Waals surface area contributed by atoms with Gasteiger partial charge in [0, 0.05) is 19.5 Å². The van der Waals surface area contributed by atoms with E-state index in [2.05, 4.69) is 21.6 Å². The standard InChI is InChI=1S/C21H25N5O3/c1-3-23-20(27)14-29-17-9-8-15(12-18(17)28-2)11-16(13-22)21-25-24-19-7-5-4-6-10-26(19)21/h8-9,11-12H,3-7,10,14H2,1-2H3,(H,23,27)/b16-11+. The number of hydrogen-bond donors (Lipinski definition) is 1. The van der Waals surface area contributed by atoms with Gasteiger partial charge in [0.1, 0.15) is 11.9 Å². The van der Waals surface area contributed by atoms with E-state index in [0.29, 0.717) is 29.4 Å². The van der Waals surface area contributed by atoms with Crippen molar-refractivity contribution in [3.8, 4) is 17.6 Å². The molecule has 0 fully saturated rings. The lowest BCUT2D eigenvalue weighted by Gasteiger charge is -2.11. The van der Waals surface area contributed by atoms with Crippen LogP contribution in [-0.2, 0) is 17.8 Å². The van der Waals surface area contributed by atoms with Crippen LogP contribution in [0.25, 0.3) is 11.6 Å². The molecule has 0 radical (unpaired) electrons. The second-order valence-electron chi connectivity index (χ2n) is 6.72. The van der Waals surface area contributed by atoms with Gasteiger partial charge in [-0.15, -0.1) is 10.2 Å². The topological polar surface area (TPSA) is 102 Å².